The van der Waals surface area contributed by atoms with Gasteiger partial charge in [-0.2, -0.15) is 0 Å². The summed E-state index contributed by atoms with van der Waals surface area (Å²) in [5.41, 5.74) is 8.34. The van der Waals surface area contributed by atoms with Crippen LogP contribution in [0.1, 0.15) is 38.2 Å². The molecule has 2 rings (SSSR count). The standard InChI is InChI=1S/C16H23NO3.CH3NO/c1-2-3-4-5-8-19-15-6-7-16-14(10-15)9-13(11-17-18)12-20-16;2-1-3/h6-7,9-10,17-18H,2-5,8,11-12H2,1H3;1H,(H2,2,3). The third-order valence-electron chi connectivity index (χ3n) is 3.33. The molecule has 0 aliphatic carbocycles. The highest BCUT2D eigenvalue weighted by Gasteiger charge is 2.12. The van der Waals surface area contributed by atoms with E-state index in [0.717, 1.165) is 35.7 Å². The number of primary amides is 1. The minimum absolute atomic E-state index is 0.250. The number of ether oxygens (including phenoxy) is 2. The highest BCUT2D eigenvalue weighted by atomic mass is 16.5. The molecular formula is C17H26N2O4. The molecular weight excluding hydrogens is 296 g/mol. The molecule has 0 saturated heterocycles. The van der Waals surface area contributed by atoms with Crippen molar-refractivity contribution in [1.82, 2.24) is 5.48 Å². The first-order chi connectivity index (χ1) is 11.2. The van der Waals surface area contributed by atoms with Crippen LogP contribution in [0.3, 0.4) is 0 Å². The summed E-state index contributed by atoms with van der Waals surface area (Å²) in [6.45, 7) is 3.89. The maximum atomic E-state index is 8.74. The number of nitrogens with two attached hydrogens (primary N) is 1. The number of carbonyl (C=O) groups excluding carboxylic acids is 1. The second kappa shape index (κ2) is 11.5. The van der Waals surface area contributed by atoms with Crippen LogP contribution in [-0.2, 0) is 4.79 Å². The van der Waals surface area contributed by atoms with Gasteiger partial charge in [0.2, 0.25) is 6.41 Å². The highest BCUT2D eigenvalue weighted by Crippen LogP contribution is 2.29. The second-order valence-corrected chi connectivity index (χ2v) is 5.17. The molecule has 0 bridgehead atoms. The van der Waals surface area contributed by atoms with Crippen LogP contribution in [0, 0.1) is 0 Å². The fourth-order valence-electron chi connectivity index (χ4n) is 2.22. The van der Waals surface area contributed by atoms with E-state index < -0.39 is 0 Å². The van der Waals surface area contributed by atoms with E-state index in [2.05, 4.69) is 18.1 Å². The SMILES string of the molecule is CCCCCCOc1ccc2c(c1)C=C(CNO)CO2.NC=O. The highest BCUT2D eigenvalue weighted by molar-refractivity contribution is 5.64. The van der Waals surface area contributed by atoms with E-state index in [1.165, 1.54) is 19.3 Å². The van der Waals surface area contributed by atoms with Gasteiger partial charge in [-0.1, -0.05) is 26.2 Å². The zero-order valence-corrected chi connectivity index (χ0v) is 13.6. The number of carbonyl (C=O) groups is 1. The third kappa shape index (κ3) is 7.17. The summed E-state index contributed by atoms with van der Waals surface area (Å²) in [6, 6.07) is 5.88. The Kier molecular flexibility index (Phi) is 9.51. The quantitative estimate of drug-likeness (QED) is 0.388. The largest absolute Gasteiger partial charge is 0.494 e. The van der Waals surface area contributed by atoms with E-state index >= 15 is 0 Å². The molecule has 1 aliphatic rings. The number of unbranched alkanes of at least 4 members (excludes halogenated alkanes) is 3. The maximum absolute atomic E-state index is 8.74. The van der Waals surface area contributed by atoms with Gasteiger partial charge in [0.05, 0.1) is 6.61 Å². The van der Waals surface area contributed by atoms with Gasteiger partial charge in [-0.15, -0.1) is 0 Å². The molecule has 6 heteroatoms. The van der Waals surface area contributed by atoms with Gasteiger partial charge in [-0.3, -0.25) is 4.79 Å². The Labute approximate surface area is 137 Å². The minimum Gasteiger partial charge on any atom is -0.494 e. The summed E-state index contributed by atoms with van der Waals surface area (Å²) in [4.78, 5) is 8.58. The average molecular weight is 322 g/mol. The van der Waals surface area contributed by atoms with E-state index in [1.807, 2.05) is 24.3 Å². The Morgan fingerprint density at radius 1 is 1.39 bits per heavy atom. The van der Waals surface area contributed by atoms with Gasteiger partial charge >= 0.3 is 0 Å². The zero-order valence-electron chi connectivity index (χ0n) is 13.6. The lowest BCUT2D eigenvalue weighted by atomic mass is 10.1. The van der Waals surface area contributed by atoms with Crippen LogP contribution in [-0.4, -0.2) is 31.4 Å². The maximum Gasteiger partial charge on any atom is 0.204 e. The summed E-state index contributed by atoms with van der Waals surface area (Å²) in [6.07, 6.45) is 7.10. The van der Waals surface area contributed by atoms with Crippen molar-refractivity contribution in [2.24, 2.45) is 5.73 Å². The number of fused-ring (bicyclic) bond motifs is 1. The Bertz CT molecular complexity index is 503. The number of hydroxylamine groups is 1. The lowest BCUT2D eigenvalue weighted by molar-refractivity contribution is -0.106. The van der Waals surface area contributed by atoms with E-state index in [0.29, 0.717) is 13.2 Å². The first-order valence-electron chi connectivity index (χ1n) is 7.86. The molecule has 1 heterocycles. The molecule has 0 radical (unpaired) electrons. The predicted octanol–water partition coefficient (Wildman–Crippen LogP) is 2.50. The van der Waals surface area contributed by atoms with E-state index in [1.54, 1.807) is 0 Å². The van der Waals surface area contributed by atoms with E-state index in [9.17, 15) is 0 Å². The molecule has 1 aliphatic heterocycles. The Balaban J connectivity index is 0.000000816. The molecule has 0 fully saturated rings. The summed E-state index contributed by atoms with van der Waals surface area (Å²) in [5.74, 6) is 1.74. The number of rotatable bonds is 8. The minimum atomic E-state index is 0.250. The van der Waals surface area contributed by atoms with Crippen molar-refractivity contribution in [3.05, 3.63) is 29.3 Å². The Morgan fingerprint density at radius 2 is 2.17 bits per heavy atom. The Morgan fingerprint density at radius 3 is 2.87 bits per heavy atom. The van der Waals surface area contributed by atoms with Crippen molar-refractivity contribution in [1.29, 1.82) is 0 Å². The molecule has 0 spiro atoms. The van der Waals surface area contributed by atoms with Gasteiger partial charge in [-0.25, -0.2) is 5.48 Å². The number of benzene rings is 1. The smallest absolute Gasteiger partial charge is 0.204 e. The summed E-state index contributed by atoms with van der Waals surface area (Å²) in [7, 11) is 0. The molecule has 23 heavy (non-hydrogen) atoms. The van der Waals surface area contributed by atoms with Gasteiger partial charge in [0, 0.05) is 12.1 Å². The van der Waals surface area contributed by atoms with Crippen LogP contribution in [0.4, 0.5) is 0 Å². The fraction of sp³-hybridized carbons (Fsp3) is 0.471. The molecule has 1 aromatic carbocycles. The normalized spacial score (nSPS) is 12.2. The van der Waals surface area contributed by atoms with Crippen LogP contribution in [0.15, 0.2) is 23.8 Å². The van der Waals surface area contributed by atoms with Gasteiger partial charge < -0.3 is 20.4 Å². The average Bonchev–Trinajstić information content (AvgIpc) is 2.55. The lowest BCUT2D eigenvalue weighted by Gasteiger charge is -2.18. The van der Waals surface area contributed by atoms with E-state index in [-0.39, 0.29) is 6.41 Å². The summed E-state index contributed by atoms with van der Waals surface area (Å²) in [5, 5.41) is 8.74. The van der Waals surface area contributed by atoms with Crippen LogP contribution >= 0.6 is 0 Å². The lowest BCUT2D eigenvalue weighted by Crippen LogP contribution is -2.18. The van der Waals surface area contributed by atoms with Crippen molar-refractivity contribution < 1.29 is 19.5 Å². The summed E-state index contributed by atoms with van der Waals surface area (Å²) < 4.78 is 11.4. The third-order valence-corrected chi connectivity index (χ3v) is 3.33. The molecule has 6 nitrogen and oxygen atoms in total. The van der Waals surface area contributed by atoms with Crippen molar-refractivity contribution in [3.63, 3.8) is 0 Å². The van der Waals surface area contributed by atoms with Crippen molar-refractivity contribution in [2.45, 2.75) is 32.6 Å². The molecule has 0 atom stereocenters. The second-order valence-electron chi connectivity index (χ2n) is 5.17. The number of hydrogen-bond donors (Lipinski definition) is 3. The van der Waals surface area contributed by atoms with Crippen LogP contribution in [0.2, 0.25) is 0 Å². The fourth-order valence-corrected chi connectivity index (χ4v) is 2.22. The number of nitrogens with one attached hydrogen (secondary N) is 1. The molecule has 128 valence electrons. The van der Waals surface area contributed by atoms with Gasteiger partial charge in [0.1, 0.15) is 18.1 Å². The van der Waals surface area contributed by atoms with Crippen molar-refractivity contribution in [3.8, 4) is 11.5 Å². The van der Waals surface area contributed by atoms with Gasteiger partial charge in [-0.05, 0) is 36.3 Å². The summed E-state index contributed by atoms with van der Waals surface area (Å²) >= 11 is 0. The molecule has 1 aromatic rings. The van der Waals surface area contributed by atoms with Crippen LogP contribution in [0.5, 0.6) is 11.5 Å². The molecule has 4 N–H and O–H groups in total. The first-order valence-corrected chi connectivity index (χ1v) is 7.86. The molecule has 0 unspecified atom stereocenters. The monoisotopic (exact) mass is 322 g/mol. The molecule has 1 amide bonds. The zero-order chi connectivity index (χ0) is 16.9. The topological polar surface area (TPSA) is 93.8 Å². The van der Waals surface area contributed by atoms with Crippen molar-refractivity contribution >= 4 is 12.5 Å². The number of hydrogen-bond acceptors (Lipinski definition) is 5. The first kappa shape index (κ1) is 19.0. The Hall–Kier alpha value is -2.05. The van der Waals surface area contributed by atoms with E-state index in [4.69, 9.17) is 19.5 Å². The predicted molar refractivity (Wildman–Crippen MR) is 89.6 cm³/mol. The van der Waals surface area contributed by atoms with Crippen LogP contribution < -0.4 is 20.7 Å². The van der Waals surface area contributed by atoms with Crippen LogP contribution in [0.25, 0.3) is 6.08 Å². The van der Waals surface area contributed by atoms with Gasteiger partial charge in [0.25, 0.3) is 0 Å². The molecule has 0 aromatic heterocycles. The molecule has 0 saturated carbocycles. The number of amides is 1. The van der Waals surface area contributed by atoms with Crippen molar-refractivity contribution in [2.75, 3.05) is 19.8 Å². The van der Waals surface area contributed by atoms with Gasteiger partial charge in [0.15, 0.2) is 0 Å².